The fraction of sp³-hybridized carbons (Fsp3) is 0.364. The van der Waals surface area contributed by atoms with Crippen molar-refractivity contribution < 1.29 is 14.5 Å². The van der Waals surface area contributed by atoms with Gasteiger partial charge in [-0.25, -0.2) is 5.84 Å². The zero-order chi connectivity index (χ0) is 14.3. The summed E-state index contributed by atoms with van der Waals surface area (Å²) in [6.45, 7) is 0.380. The summed E-state index contributed by atoms with van der Waals surface area (Å²) in [5.41, 5.74) is 2.00. The molecule has 19 heavy (non-hydrogen) atoms. The van der Waals surface area contributed by atoms with Gasteiger partial charge in [0.15, 0.2) is 0 Å². The number of carbonyl (C=O) groups excluding carboxylic acids is 1. The maximum atomic E-state index is 10.9. The van der Waals surface area contributed by atoms with Crippen LogP contribution in [0.15, 0.2) is 22.7 Å². The normalized spacial score (nSPS) is 10.0. The molecule has 0 saturated carbocycles. The smallest absolute Gasteiger partial charge is 0.274 e. The fourth-order valence-electron chi connectivity index (χ4n) is 1.39. The number of nitro benzene ring substituents is 1. The van der Waals surface area contributed by atoms with Gasteiger partial charge in [-0.05, 0) is 18.9 Å². The van der Waals surface area contributed by atoms with Gasteiger partial charge in [-0.2, -0.15) is 0 Å². The van der Waals surface area contributed by atoms with Crippen molar-refractivity contribution in [3.63, 3.8) is 0 Å². The highest BCUT2D eigenvalue weighted by molar-refractivity contribution is 9.10. The Morgan fingerprint density at radius 2 is 2.16 bits per heavy atom. The minimum Gasteiger partial charge on any atom is -0.493 e. The number of ether oxygens (including phenoxy) is 1. The summed E-state index contributed by atoms with van der Waals surface area (Å²) in [5, 5.41) is 10.7. The summed E-state index contributed by atoms with van der Waals surface area (Å²) < 4.78 is 5.98. The van der Waals surface area contributed by atoms with Crippen LogP contribution >= 0.6 is 15.9 Å². The molecular weight excluding hydrogens is 318 g/mol. The minimum atomic E-state index is -0.483. The van der Waals surface area contributed by atoms with E-state index in [4.69, 9.17) is 10.6 Å². The molecule has 0 bridgehead atoms. The lowest BCUT2D eigenvalue weighted by molar-refractivity contribution is -0.385. The first-order valence-corrected chi connectivity index (χ1v) is 6.39. The van der Waals surface area contributed by atoms with Gasteiger partial charge in [0, 0.05) is 17.0 Å². The highest BCUT2D eigenvalue weighted by Crippen LogP contribution is 2.26. The monoisotopic (exact) mass is 331 g/mol. The lowest BCUT2D eigenvalue weighted by Crippen LogP contribution is -2.29. The number of benzene rings is 1. The van der Waals surface area contributed by atoms with Crippen LogP contribution in [-0.2, 0) is 4.79 Å². The number of halogens is 1. The van der Waals surface area contributed by atoms with E-state index < -0.39 is 4.92 Å². The Morgan fingerprint density at radius 3 is 2.79 bits per heavy atom. The van der Waals surface area contributed by atoms with E-state index >= 15 is 0 Å². The third kappa shape index (κ3) is 5.66. The molecule has 0 unspecified atom stereocenters. The third-order valence-corrected chi connectivity index (χ3v) is 2.75. The number of rotatable bonds is 7. The van der Waals surface area contributed by atoms with Crippen LogP contribution in [0.4, 0.5) is 5.69 Å². The molecule has 0 aromatic heterocycles. The van der Waals surface area contributed by atoms with Gasteiger partial charge in [0.25, 0.3) is 5.69 Å². The number of hydrogen-bond donors (Lipinski definition) is 2. The molecule has 0 fully saturated rings. The summed E-state index contributed by atoms with van der Waals surface area (Å²) in [6, 6.07) is 4.41. The summed E-state index contributed by atoms with van der Waals surface area (Å²) in [4.78, 5) is 21.0. The van der Waals surface area contributed by atoms with Gasteiger partial charge < -0.3 is 4.74 Å². The molecule has 0 heterocycles. The Balaban J connectivity index is 2.41. The second kappa shape index (κ2) is 7.70. The van der Waals surface area contributed by atoms with E-state index in [1.807, 2.05) is 5.43 Å². The molecule has 8 heteroatoms. The number of nitro groups is 1. The Labute approximate surface area is 118 Å². The number of nitrogens with one attached hydrogen (secondary N) is 1. The Hall–Kier alpha value is -1.67. The molecule has 1 aromatic carbocycles. The largest absolute Gasteiger partial charge is 0.493 e. The molecule has 1 aromatic rings. The summed E-state index contributed by atoms with van der Waals surface area (Å²) in [7, 11) is 0. The first-order valence-electron chi connectivity index (χ1n) is 5.60. The van der Waals surface area contributed by atoms with Crippen molar-refractivity contribution in [3.05, 3.63) is 32.8 Å². The van der Waals surface area contributed by atoms with Crippen LogP contribution in [0.1, 0.15) is 19.3 Å². The van der Waals surface area contributed by atoms with Crippen LogP contribution in [0.5, 0.6) is 5.75 Å². The van der Waals surface area contributed by atoms with Crippen molar-refractivity contribution in [2.75, 3.05) is 6.61 Å². The molecule has 3 N–H and O–H groups in total. The van der Waals surface area contributed by atoms with E-state index in [9.17, 15) is 14.9 Å². The molecule has 104 valence electrons. The minimum absolute atomic E-state index is 0.0353. The Kier molecular flexibility index (Phi) is 6.23. The lowest BCUT2D eigenvalue weighted by Gasteiger charge is -2.06. The maximum absolute atomic E-state index is 10.9. The lowest BCUT2D eigenvalue weighted by atomic mass is 10.2. The van der Waals surface area contributed by atoms with Gasteiger partial charge in [-0.1, -0.05) is 15.9 Å². The second-order valence-corrected chi connectivity index (χ2v) is 4.69. The quantitative estimate of drug-likeness (QED) is 0.261. The number of unbranched alkanes of at least 4 members (excludes halogenated alkanes) is 1. The number of nitrogens with zero attached hydrogens (tertiary/aromatic N) is 1. The number of hydrogen-bond acceptors (Lipinski definition) is 5. The maximum Gasteiger partial charge on any atom is 0.274 e. The predicted octanol–water partition coefficient (Wildman–Crippen LogP) is 1.90. The SMILES string of the molecule is NNC(=O)CCCCOc1cc(Br)cc([N+](=O)[O-])c1. The van der Waals surface area contributed by atoms with Gasteiger partial charge in [0.1, 0.15) is 5.75 Å². The zero-order valence-corrected chi connectivity index (χ0v) is 11.7. The van der Waals surface area contributed by atoms with E-state index in [2.05, 4.69) is 15.9 Å². The number of hydrazine groups is 1. The van der Waals surface area contributed by atoms with Crippen molar-refractivity contribution in [2.24, 2.45) is 5.84 Å². The Morgan fingerprint density at radius 1 is 1.42 bits per heavy atom. The fourth-order valence-corrected chi connectivity index (χ4v) is 1.85. The highest BCUT2D eigenvalue weighted by atomic mass is 79.9. The average molecular weight is 332 g/mol. The number of nitrogens with two attached hydrogens (primary N) is 1. The molecular formula is C11H14BrN3O4. The number of carbonyl (C=O) groups is 1. The summed E-state index contributed by atoms with van der Waals surface area (Å²) >= 11 is 3.18. The molecule has 0 atom stereocenters. The van der Waals surface area contributed by atoms with Gasteiger partial charge in [0.2, 0.25) is 5.91 Å². The first-order chi connectivity index (χ1) is 9.02. The molecule has 1 amide bonds. The summed E-state index contributed by atoms with van der Waals surface area (Å²) in [5.74, 6) is 5.14. The zero-order valence-electron chi connectivity index (χ0n) is 10.1. The summed E-state index contributed by atoms with van der Waals surface area (Å²) in [6.07, 6.45) is 1.63. The molecule has 0 aliphatic rings. The van der Waals surface area contributed by atoms with Crippen molar-refractivity contribution in [1.29, 1.82) is 0 Å². The van der Waals surface area contributed by atoms with E-state index in [-0.39, 0.29) is 11.6 Å². The van der Waals surface area contributed by atoms with Crippen molar-refractivity contribution in [1.82, 2.24) is 5.43 Å². The molecule has 0 radical (unpaired) electrons. The highest BCUT2D eigenvalue weighted by Gasteiger charge is 2.09. The van der Waals surface area contributed by atoms with Crippen LogP contribution in [0.25, 0.3) is 0 Å². The third-order valence-electron chi connectivity index (χ3n) is 2.29. The van der Waals surface area contributed by atoms with Crippen LogP contribution < -0.4 is 16.0 Å². The van der Waals surface area contributed by atoms with Crippen LogP contribution in [0.2, 0.25) is 0 Å². The van der Waals surface area contributed by atoms with E-state index in [0.717, 1.165) is 0 Å². The van der Waals surface area contributed by atoms with E-state index in [1.165, 1.54) is 12.1 Å². The van der Waals surface area contributed by atoms with Gasteiger partial charge in [0.05, 0.1) is 17.6 Å². The second-order valence-electron chi connectivity index (χ2n) is 3.78. The van der Waals surface area contributed by atoms with Crippen LogP contribution in [0, 0.1) is 10.1 Å². The van der Waals surface area contributed by atoms with Crippen molar-refractivity contribution in [3.8, 4) is 5.75 Å². The van der Waals surface area contributed by atoms with Gasteiger partial charge >= 0.3 is 0 Å². The molecule has 0 aliphatic carbocycles. The Bertz CT molecular complexity index is 467. The molecule has 1 rings (SSSR count). The average Bonchev–Trinajstić information content (AvgIpc) is 2.37. The van der Waals surface area contributed by atoms with Gasteiger partial charge in [-0.3, -0.25) is 20.3 Å². The van der Waals surface area contributed by atoms with E-state index in [1.54, 1.807) is 6.07 Å². The predicted molar refractivity (Wildman–Crippen MR) is 72.5 cm³/mol. The molecule has 7 nitrogen and oxygen atoms in total. The number of non-ortho nitro benzene ring substituents is 1. The molecule has 0 aliphatic heterocycles. The van der Waals surface area contributed by atoms with E-state index in [0.29, 0.717) is 36.1 Å². The van der Waals surface area contributed by atoms with Crippen LogP contribution in [-0.4, -0.2) is 17.4 Å². The van der Waals surface area contributed by atoms with Gasteiger partial charge in [-0.15, -0.1) is 0 Å². The first kappa shape index (κ1) is 15.4. The topological polar surface area (TPSA) is 107 Å². The van der Waals surface area contributed by atoms with Crippen molar-refractivity contribution >= 4 is 27.5 Å². The standard InChI is InChI=1S/C11H14BrN3O4/c12-8-5-9(15(17)18)7-10(6-8)19-4-2-1-3-11(16)14-13/h5-7H,1-4,13H2,(H,14,16). The molecule has 0 saturated heterocycles. The van der Waals surface area contributed by atoms with Crippen molar-refractivity contribution in [2.45, 2.75) is 19.3 Å². The number of amides is 1. The molecule has 0 spiro atoms. The van der Waals surface area contributed by atoms with Crippen LogP contribution in [0.3, 0.4) is 0 Å².